The number of fused-ring (bicyclic) bond motifs is 1. The summed E-state index contributed by atoms with van der Waals surface area (Å²) >= 11 is 0. The highest BCUT2D eigenvalue weighted by atomic mass is 16.5. The molecule has 0 spiro atoms. The second-order valence-electron chi connectivity index (χ2n) is 6.60. The summed E-state index contributed by atoms with van der Waals surface area (Å²) in [6.07, 6.45) is 4.45. The number of nitrogens with one attached hydrogen (secondary N) is 1. The summed E-state index contributed by atoms with van der Waals surface area (Å²) in [6, 6.07) is 6.89. The van der Waals surface area contributed by atoms with Crippen molar-refractivity contribution in [3.8, 4) is 0 Å². The van der Waals surface area contributed by atoms with Gasteiger partial charge < -0.3 is 15.8 Å². The molecule has 0 saturated heterocycles. The number of allylic oxidation sites excluding steroid dienone is 1. The lowest BCUT2D eigenvalue weighted by molar-refractivity contribution is 0.0602. The number of unbranched alkanes of at least 4 members (excludes halogenated alkanes) is 2. The van der Waals surface area contributed by atoms with Crippen LogP contribution in [0.5, 0.6) is 0 Å². The van der Waals surface area contributed by atoms with Crippen LogP contribution < -0.4 is 11.1 Å². The largest absolute Gasteiger partial charge is 0.465 e. The second kappa shape index (κ2) is 10.4. The molecule has 1 aromatic carbocycles. The number of nitrogens with zero attached hydrogens (tertiary/aromatic N) is 2. The number of amides is 1. The minimum Gasteiger partial charge on any atom is -0.465 e. The molecule has 3 N–H and O–H groups in total. The van der Waals surface area contributed by atoms with Gasteiger partial charge in [-0.15, -0.1) is 0 Å². The van der Waals surface area contributed by atoms with E-state index < -0.39 is 5.97 Å². The number of aliphatic imine (C=N–C) groups is 1. The highest BCUT2D eigenvalue weighted by Gasteiger charge is 2.20. The molecule has 154 valence electrons. The van der Waals surface area contributed by atoms with E-state index in [0.717, 1.165) is 19.3 Å². The SMILES string of the molecule is CCCCCNC(=O)c1cc(/C(=C/N)C(C)=NC)c2cccc(C(=O)OC)c2n1. The van der Waals surface area contributed by atoms with Crippen molar-refractivity contribution in [3.63, 3.8) is 0 Å². The minimum atomic E-state index is -0.520. The topological polar surface area (TPSA) is 107 Å². The number of para-hydroxylation sites is 1. The summed E-state index contributed by atoms with van der Waals surface area (Å²) in [5.41, 5.74) is 8.83. The van der Waals surface area contributed by atoms with Crippen LogP contribution in [0.25, 0.3) is 16.5 Å². The van der Waals surface area contributed by atoms with Crippen molar-refractivity contribution in [2.45, 2.75) is 33.1 Å². The van der Waals surface area contributed by atoms with Crippen molar-refractivity contribution in [1.82, 2.24) is 10.3 Å². The summed E-state index contributed by atoms with van der Waals surface area (Å²) in [6.45, 7) is 4.50. The molecule has 0 unspecified atom stereocenters. The molecule has 2 aromatic rings. The number of hydrogen-bond donors (Lipinski definition) is 2. The number of pyridine rings is 1. The number of methoxy groups -OCH3 is 1. The van der Waals surface area contributed by atoms with Gasteiger partial charge in [0.15, 0.2) is 0 Å². The highest BCUT2D eigenvalue weighted by Crippen LogP contribution is 2.28. The lowest BCUT2D eigenvalue weighted by Gasteiger charge is -2.14. The number of benzene rings is 1. The van der Waals surface area contributed by atoms with Crippen LogP contribution in [-0.2, 0) is 4.74 Å². The van der Waals surface area contributed by atoms with Gasteiger partial charge in [0.05, 0.1) is 18.2 Å². The van der Waals surface area contributed by atoms with Gasteiger partial charge in [0.1, 0.15) is 5.69 Å². The molecule has 0 aliphatic heterocycles. The van der Waals surface area contributed by atoms with Crippen molar-refractivity contribution < 1.29 is 14.3 Å². The van der Waals surface area contributed by atoms with Crippen LogP contribution in [0.3, 0.4) is 0 Å². The van der Waals surface area contributed by atoms with E-state index in [1.165, 1.54) is 13.3 Å². The maximum absolute atomic E-state index is 12.7. The smallest absolute Gasteiger partial charge is 0.340 e. The molecule has 0 fully saturated rings. The lowest BCUT2D eigenvalue weighted by atomic mass is 9.96. The molecule has 0 atom stereocenters. The first-order valence-corrected chi connectivity index (χ1v) is 9.64. The summed E-state index contributed by atoms with van der Waals surface area (Å²) in [7, 11) is 2.98. The third-order valence-corrected chi connectivity index (χ3v) is 4.73. The molecule has 2 rings (SSSR count). The van der Waals surface area contributed by atoms with Crippen molar-refractivity contribution in [2.24, 2.45) is 10.7 Å². The molecule has 0 bridgehead atoms. The van der Waals surface area contributed by atoms with Crippen LogP contribution in [-0.4, -0.2) is 43.3 Å². The quantitative estimate of drug-likeness (QED) is 0.404. The zero-order chi connectivity index (χ0) is 21.4. The van der Waals surface area contributed by atoms with E-state index in [1.807, 2.05) is 13.0 Å². The first-order chi connectivity index (χ1) is 14.0. The Morgan fingerprint density at radius 1 is 1.28 bits per heavy atom. The minimum absolute atomic E-state index is 0.212. The lowest BCUT2D eigenvalue weighted by Crippen LogP contribution is -2.25. The molecular formula is C22H28N4O3. The predicted octanol–water partition coefficient (Wildman–Crippen LogP) is 3.33. The average Bonchev–Trinajstić information content (AvgIpc) is 2.75. The first-order valence-electron chi connectivity index (χ1n) is 9.64. The van der Waals surface area contributed by atoms with E-state index in [0.29, 0.717) is 34.3 Å². The molecule has 7 nitrogen and oxygen atoms in total. The maximum Gasteiger partial charge on any atom is 0.340 e. The third-order valence-electron chi connectivity index (χ3n) is 4.73. The fraction of sp³-hybridized carbons (Fsp3) is 0.364. The summed E-state index contributed by atoms with van der Waals surface area (Å²) in [5, 5.41) is 3.58. The second-order valence-corrected chi connectivity index (χ2v) is 6.60. The van der Waals surface area contributed by atoms with Gasteiger partial charge in [-0.2, -0.15) is 0 Å². The van der Waals surface area contributed by atoms with Crippen molar-refractivity contribution >= 4 is 34.1 Å². The zero-order valence-electron chi connectivity index (χ0n) is 17.4. The fourth-order valence-corrected chi connectivity index (χ4v) is 3.06. The summed E-state index contributed by atoms with van der Waals surface area (Å²) in [5.74, 6) is -0.819. The average molecular weight is 396 g/mol. The number of aromatic nitrogens is 1. The highest BCUT2D eigenvalue weighted by molar-refractivity contribution is 6.26. The Balaban J connectivity index is 2.67. The van der Waals surface area contributed by atoms with Gasteiger partial charge in [0.2, 0.25) is 0 Å². The zero-order valence-corrected chi connectivity index (χ0v) is 17.4. The molecule has 0 radical (unpaired) electrons. The van der Waals surface area contributed by atoms with E-state index in [2.05, 4.69) is 22.2 Å². The fourth-order valence-electron chi connectivity index (χ4n) is 3.06. The summed E-state index contributed by atoms with van der Waals surface area (Å²) in [4.78, 5) is 33.7. The van der Waals surface area contributed by atoms with Crippen LogP contribution in [0.15, 0.2) is 35.5 Å². The predicted molar refractivity (Wildman–Crippen MR) is 116 cm³/mol. The van der Waals surface area contributed by atoms with Gasteiger partial charge in [0, 0.05) is 36.5 Å². The summed E-state index contributed by atoms with van der Waals surface area (Å²) < 4.78 is 4.89. The Kier molecular flexibility index (Phi) is 7.88. The standard InChI is InChI=1S/C22H28N4O3/c1-5-6-7-11-25-21(27)19-12-17(18(13-23)14(2)24-3)15-9-8-10-16(20(15)26-19)22(28)29-4/h8-10,12-13H,5-7,11,23H2,1-4H3,(H,25,27)/b18-13+,24-14?. The van der Waals surface area contributed by atoms with Gasteiger partial charge in [-0.1, -0.05) is 31.9 Å². The molecule has 29 heavy (non-hydrogen) atoms. The van der Waals surface area contributed by atoms with Crippen LogP contribution in [0.4, 0.5) is 0 Å². The van der Waals surface area contributed by atoms with Crippen molar-refractivity contribution in [1.29, 1.82) is 0 Å². The number of esters is 1. The Morgan fingerprint density at radius 3 is 2.66 bits per heavy atom. The monoisotopic (exact) mass is 396 g/mol. The van der Waals surface area contributed by atoms with Gasteiger partial charge in [0.25, 0.3) is 5.91 Å². The molecule has 0 saturated carbocycles. The molecule has 7 heteroatoms. The van der Waals surface area contributed by atoms with Gasteiger partial charge in [-0.25, -0.2) is 9.78 Å². The number of hydrogen-bond acceptors (Lipinski definition) is 6. The molecular weight excluding hydrogens is 368 g/mol. The molecule has 1 aromatic heterocycles. The van der Waals surface area contributed by atoms with E-state index in [-0.39, 0.29) is 17.2 Å². The normalized spacial score (nSPS) is 12.1. The molecule has 0 aliphatic carbocycles. The van der Waals surface area contributed by atoms with Crippen LogP contribution >= 0.6 is 0 Å². The molecule has 0 aliphatic rings. The van der Waals surface area contributed by atoms with E-state index in [9.17, 15) is 9.59 Å². The molecule has 1 heterocycles. The van der Waals surface area contributed by atoms with Gasteiger partial charge in [-0.05, 0) is 31.0 Å². The number of carbonyl (C=O) groups excluding carboxylic acids is 2. The van der Waals surface area contributed by atoms with Gasteiger partial charge in [-0.3, -0.25) is 9.79 Å². The maximum atomic E-state index is 12.7. The van der Waals surface area contributed by atoms with Crippen LogP contribution in [0.1, 0.15) is 59.5 Å². The van der Waals surface area contributed by atoms with Crippen molar-refractivity contribution in [3.05, 3.63) is 47.3 Å². The Morgan fingerprint density at radius 2 is 2.03 bits per heavy atom. The Bertz CT molecular complexity index is 964. The Labute approximate surface area is 171 Å². The Hall–Kier alpha value is -3.22. The molecule has 1 amide bonds. The first kappa shape index (κ1) is 22.1. The van der Waals surface area contributed by atoms with E-state index >= 15 is 0 Å². The van der Waals surface area contributed by atoms with Crippen LogP contribution in [0, 0.1) is 0 Å². The number of ether oxygens (including phenoxy) is 1. The third kappa shape index (κ3) is 4.99. The van der Waals surface area contributed by atoms with Crippen LogP contribution in [0.2, 0.25) is 0 Å². The van der Waals surface area contributed by atoms with Gasteiger partial charge >= 0.3 is 5.97 Å². The van der Waals surface area contributed by atoms with Crippen molar-refractivity contribution in [2.75, 3.05) is 20.7 Å². The number of rotatable bonds is 8. The van der Waals surface area contributed by atoms with E-state index in [4.69, 9.17) is 10.5 Å². The number of nitrogens with two attached hydrogens (primary N) is 1. The number of carbonyl (C=O) groups is 2. The van der Waals surface area contributed by atoms with E-state index in [1.54, 1.807) is 25.2 Å².